The predicted octanol–water partition coefficient (Wildman–Crippen LogP) is 3.02. The molecule has 0 bridgehead atoms. The van der Waals surface area contributed by atoms with Crippen LogP contribution in [0.3, 0.4) is 0 Å². The Morgan fingerprint density at radius 3 is 2.72 bits per heavy atom. The summed E-state index contributed by atoms with van der Waals surface area (Å²) in [5.41, 5.74) is 1.19. The Morgan fingerprint density at radius 2 is 2.03 bits per heavy atom. The topological polar surface area (TPSA) is 65.5 Å². The van der Waals surface area contributed by atoms with Crippen molar-refractivity contribution in [3.05, 3.63) is 52.5 Å². The van der Waals surface area contributed by atoms with Crippen LogP contribution < -0.4 is 5.32 Å². The largest absolute Gasteiger partial charge is 0.340 e. The van der Waals surface area contributed by atoms with Gasteiger partial charge in [-0.05, 0) is 41.8 Å². The highest BCUT2D eigenvalue weighted by Crippen LogP contribution is 2.14. The zero-order valence-corrected chi connectivity index (χ0v) is 18.0. The summed E-state index contributed by atoms with van der Waals surface area (Å²) in [5, 5.41) is 4.85. The van der Waals surface area contributed by atoms with Gasteiger partial charge in [0.05, 0.1) is 4.88 Å². The van der Waals surface area contributed by atoms with E-state index in [1.54, 1.807) is 12.3 Å². The Bertz CT molecular complexity index is 779. The van der Waals surface area contributed by atoms with Crippen molar-refractivity contribution in [3.8, 4) is 0 Å². The van der Waals surface area contributed by atoms with E-state index in [0.29, 0.717) is 23.8 Å². The molecule has 156 valence electrons. The van der Waals surface area contributed by atoms with E-state index in [2.05, 4.69) is 35.1 Å². The van der Waals surface area contributed by atoms with Crippen LogP contribution in [0.25, 0.3) is 0 Å². The molecular weight excluding hydrogens is 384 g/mol. The first-order valence-corrected chi connectivity index (χ1v) is 11.2. The molecule has 0 aliphatic carbocycles. The fourth-order valence-corrected chi connectivity index (χ4v) is 4.28. The van der Waals surface area contributed by atoms with Crippen LogP contribution in [0.4, 0.5) is 0 Å². The van der Waals surface area contributed by atoms with E-state index < -0.39 is 6.04 Å². The van der Waals surface area contributed by atoms with Gasteiger partial charge in [-0.15, -0.1) is 11.3 Å². The Hall–Kier alpha value is -2.25. The van der Waals surface area contributed by atoms with Gasteiger partial charge in [-0.3, -0.25) is 19.5 Å². The van der Waals surface area contributed by atoms with Crippen molar-refractivity contribution in [2.75, 3.05) is 26.2 Å². The second-order valence-corrected chi connectivity index (χ2v) is 8.90. The van der Waals surface area contributed by atoms with Gasteiger partial charge >= 0.3 is 0 Å². The van der Waals surface area contributed by atoms with Crippen molar-refractivity contribution >= 4 is 23.2 Å². The summed E-state index contributed by atoms with van der Waals surface area (Å²) in [6.45, 7) is 8.20. The third kappa shape index (κ3) is 6.37. The molecule has 1 atom stereocenters. The first kappa shape index (κ1) is 21.5. The number of rotatable bonds is 7. The van der Waals surface area contributed by atoms with Crippen molar-refractivity contribution < 1.29 is 9.59 Å². The van der Waals surface area contributed by atoms with E-state index >= 15 is 0 Å². The lowest BCUT2D eigenvalue weighted by Gasteiger charge is -2.28. The fourth-order valence-electron chi connectivity index (χ4n) is 3.65. The molecule has 0 spiro atoms. The average molecular weight is 415 g/mol. The SMILES string of the molecule is CC(C)CC(NC(=O)c1cccs1)C(=O)N1CCCN(Cc2cccnc2)CC1. The minimum absolute atomic E-state index is 0.0341. The molecule has 1 aliphatic rings. The summed E-state index contributed by atoms with van der Waals surface area (Å²) < 4.78 is 0. The van der Waals surface area contributed by atoms with E-state index in [1.807, 2.05) is 28.6 Å². The average Bonchev–Trinajstić information content (AvgIpc) is 3.15. The third-order valence-corrected chi connectivity index (χ3v) is 5.95. The zero-order chi connectivity index (χ0) is 20.6. The molecule has 0 saturated carbocycles. The Labute approximate surface area is 176 Å². The van der Waals surface area contributed by atoms with Crippen molar-refractivity contribution in [3.63, 3.8) is 0 Å². The maximum atomic E-state index is 13.2. The van der Waals surface area contributed by atoms with Gasteiger partial charge in [0.2, 0.25) is 5.91 Å². The van der Waals surface area contributed by atoms with Crippen molar-refractivity contribution in [2.24, 2.45) is 5.92 Å². The summed E-state index contributed by atoms with van der Waals surface area (Å²) >= 11 is 1.39. The van der Waals surface area contributed by atoms with E-state index in [4.69, 9.17) is 0 Å². The third-order valence-electron chi connectivity index (χ3n) is 5.08. The fraction of sp³-hybridized carbons (Fsp3) is 0.500. The number of amides is 2. The normalized spacial score (nSPS) is 16.4. The number of hydrogen-bond acceptors (Lipinski definition) is 5. The highest BCUT2D eigenvalue weighted by molar-refractivity contribution is 7.12. The summed E-state index contributed by atoms with van der Waals surface area (Å²) in [4.78, 5) is 34.9. The van der Waals surface area contributed by atoms with Crippen LogP contribution in [-0.2, 0) is 11.3 Å². The van der Waals surface area contributed by atoms with Crippen LogP contribution in [0.1, 0.15) is 41.9 Å². The molecule has 0 aromatic carbocycles. The van der Waals surface area contributed by atoms with Gasteiger partial charge < -0.3 is 10.2 Å². The molecule has 2 aromatic heterocycles. The summed E-state index contributed by atoms with van der Waals surface area (Å²) in [6, 6.07) is 7.20. The lowest BCUT2D eigenvalue weighted by Crippen LogP contribution is -2.50. The maximum absolute atomic E-state index is 13.2. The van der Waals surface area contributed by atoms with Gasteiger partial charge in [-0.25, -0.2) is 0 Å². The van der Waals surface area contributed by atoms with Crippen LogP contribution >= 0.6 is 11.3 Å². The minimum atomic E-state index is -0.477. The first-order valence-electron chi connectivity index (χ1n) is 10.3. The predicted molar refractivity (Wildman–Crippen MR) is 116 cm³/mol. The smallest absolute Gasteiger partial charge is 0.261 e. The summed E-state index contributed by atoms with van der Waals surface area (Å²) in [6.07, 6.45) is 5.25. The molecule has 6 nitrogen and oxygen atoms in total. The number of carbonyl (C=O) groups excluding carboxylic acids is 2. The lowest BCUT2D eigenvalue weighted by molar-refractivity contribution is -0.133. The number of nitrogens with one attached hydrogen (secondary N) is 1. The molecule has 7 heteroatoms. The van der Waals surface area contributed by atoms with Crippen LogP contribution in [-0.4, -0.2) is 58.8 Å². The molecule has 2 aromatic rings. The lowest BCUT2D eigenvalue weighted by atomic mass is 10.0. The Balaban J connectivity index is 1.60. The van der Waals surface area contributed by atoms with Gasteiger partial charge in [-0.1, -0.05) is 26.0 Å². The summed E-state index contributed by atoms with van der Waals surface area (Å²) in [5.74, 6) is 0.195. The van der Waals surface area contributed by atoms with Crippen LogP contribution in [0, 0.1) is 5.92 Å². The van der Waals surface area contributed by atoms with Gasteiger partial charge in [0.15, 0.2) is 0 Å². The second kappa shape index (κ2) is 10.5. The standard InChI is InChI=1S/C22H30N4O2S/c1-17(2)14-19(24-21(27)20-7-4-13-29-20)22(28)26-10-5-9-25(11-12-26)16-18-6-3-8-23-15-18/h3-4,6-8,13,15,17,19H,5,9-12,14,16H2,1-2H3,(H,24,27). The van der Waals surface area contributed by atoms with Gasteiger partial charge in [0.1, 0.15) is 6.04 Å². The maximum Gasteiger partial charge on any atom is 0.261 e. The zero-order valence-electron chi connectivity index (χ0n) is 17.2. The summed E-state index contributed by atoms with van der Waals surface area (Å²) in [7, 11) is 0. The number of pyridine rings is 1. The molecular formula is C22H30N4O2S. The molecule has 3 heterocycles. The molecule has 2 amide bonds. The molecule has 1 unspecified atom stereocenters. The Kier molecular flexibility index (Phi) is 7.77. The molecule has 1 saturated heterocycles. The molecule has 1 fully saturated rings. The molecule has 1 aliphatic heterocycles. The minimum Gasteiger partial charge on any atom is -0.340 e. The monoisotopic (exact) mass is 414 g/mol. The molecule has 0 radical (unpaired) electrons. The second-order valence-electron chi connectivity index (χ2n) is 7.95. The van der Waals surface area contributed by atoms with E-state index in [9.17, 15) is 9.59 Å². The highest BCUT2D eigenvalue weighted by atomic mass is 32.1. The molecule has 29 heavy (non-hydrogen) atoms. The quantitative estimate of drug-likeness (QED) is 0.756. The van der Waals surface area contributed by atoms with Gasteiger partial charge in [0, 0.05) is 45.1 Å². The molecule has 3 rings (SSSR count). The number of carbonyl (C=O) groups is 2. The van der Waals surface area contributed by atoms with E-state index in [1.165, 1.54) is 16.9 Å². The number of aromatic nitrogens is 1. The van der Waals surface area contributed by atoms with Crippen LogP contribution in [0.2, 0.25) is 0 Å². The number of hydrogen-bond donors (Lipinski definition) is 1. The number of nitrogens with zero attached hydrogens (tertiary/aromatic N) is 3. The van der Waals surface area contributed by atoms with Crippen molar-refractivity contribution in [1.29, 1.82) is 0 Å². The van der Waals surface area contributed by atoms with Gasteiger partial charge in [-0.2, -0.15) is 0 Å². The number of thiophene rings is 1. The van der Waals surface area contributed by atoms with Crippen molar-refractivity contribution in [1.82, 2.24) is 20.1 Å². The Morgan fingerprint density at radius 1 is 1.17 bits per heavy atom. The molecule has 1 N–H and O–H groups in total. The highest BCUT2D eigenvalue weighted by Gasteiger charge is 2.28. The van der Waals surface area contributed by atoms with Crippen LogP contribution in [0.15, 0.2) is 42.0 Å². The van der Waals surface area contributed by atoms with E-state index in [-0.39, 0.29) is 11.8 Å². The van der Waals surface area contributed by atoms with Crippen molar-refractivity contribution in [2.45, 2.75) is 39.3 Å². The van der Waals surface area contributed by atoms with E-state index in [0.717, 1.165) is 32.6 Å². The van der Waals surface area contributed by atoms with Gasteiger partial charge in [0.25, 0.3) is 5.91 Å². The van der Waals surface area contributed by atoms with Crippen LogP contribution in [0.5, 0.6) is 0 Å². The first-order chi connectivity index (χ1) is 14.0.